The summed E-state index contributed by atoms with van der Waals surface area (Å²) < 4.78 is 24.6. The zero-order valence-electron chi connectivity index (χ0n) is 16.6. The second kappa shape index (κ2) is 9.14. The van der Waals surface area contributed by atoms with Crippen molar-refractivity contribution in [3.63, 3.8) is 0 Å². The Kier molecular flexibility index (Phi) is 6.78. The third-order valence-corrected chi connectivity index (χ3v) is 6.97. The number of piperazine rings is 1. The third-order valence-electron chi connectivity index (χ3n) is 4.75. The fourth-order valence-corrected chi connectivity index (χ4v) is 4.90. The predicted molar refractivity (Wildman–Crippen MR) is 116 cm³/mol. The number of carboxylic acid groups (broad SMARTS) is 1. The number of aliphatic carboxylic acids is 1. The number of benzene rings is 1. The molecule has 10 nitrogen and oxygen atoms in total. The number of carbonyl (C=O) groups excluding carboxylic acids is 1. The van der Waals surface area contributed by atoms with Crippen molar-refractivity contribution in [2.45, 2.75) is 16.6 Å². The van der Waals surface area contributed by atoms with Crippen molar-refractivity contribution in [3.8, 4) is 0 Å². The highest BCUT2D eigenvalue weighted by Gasteiger charge is 2.32. The van der Waals surface area contributed by atoms with Crippen molar-refractivity contribution in [1.82, 2.24) is 10.2 Å². The van der Waals surface area contributed by atoms with Crippen LogP contribution in [0.3, 0.4) is 0 Å². The predicted octanol–water partition coefficient (Wildman–Crippen LogP) is 0.238. The maximum atomic E-state index is 12.3. The maximum Gasteiger partial charge on any atom is 0.305 e. The van der Waals surface area contributed by atoms with Crippen LogP contribution in [0.2, 0.25) is 0 Å². The van der Waals surface area contributed by atoms with Gasteiger partial charge >= 0.3 is 5.97 Å². The Morgan fingerprint density at radius 1 is 1.33 bits per heavy atom. The van der Waals surface area contributed by atoms with Crippen LogP contribution in [0, 0.1) is 0 Å². The van der Waals surface area contributed by atoms with Gasteiger partial charge in [0.15, 0.2) is 15.0 Å². The number of amidine groups is 1. The molecule has 12 heteroatoms. The number of sulfone groups is 1. The molecule has 0 radical (unpaired) electrons. The molecular weight excluding hydrogens is 430 g/mol. The molecule has 3 rings (SSSR count). The zero-order valence-corrected chi connectivity index (χ0v) is 18.2. The fraction of sp³-hybridized carbons (Fsp3) is 0.444. The molecule has 2 N–H and O–H groups in total. The van der Waals surface area contributed by atoms with Gasteiger partial charge in [0.05, 0.1) is 17.5 Å². The van der Waals surface area contributed by atoms with Crippen molar-refractivity contribution in [3.05, 3.63) is 23.8 Å². The topological polar surface area (TPSA) is 132 Å². The molecule has 1 aromatic rings. The average Bonchev–Trinajstić information content (AvgIpc) is 3.00. The normalized spacial score (nSPS) is 22.1. The number of likely N-dealkylation sites (N-methyl/N-ethyl adjacent to an activating group) is 1. The van der Waals surface area contributed by atoms with E-state index in [1.54, 1.807) is 12.1 Å². The van der Waals surface area contributed by atoms with E-state index in [0.29, 0.717) is 5.56 Å². The van der Waals surface area contributed by atoms with Crippen LogP contribution in [0.5, 0.6) is 0 Å². The number of rotatable bonds is 6. The monoisotopic (exact) mass is 453 g/mol. The quantitative estimate of drug-likeness (QED) is 0.462. The van der Waals surface area contributed by atoms with Crippen molar-refractivity contribution in [1.29, 1.82) is 0 Å². The van der Waals surface area contributed by atoms with Gasteiger partial charge in [0.1, 0.15) is 5.25 Å². The molecule has 1 atom stereocenters. The fourth-order valence-electron chi connectivity index (χ4n) is 3.10. The Morgan fingerprint density at radius 2 is 2.03 bits per heavy atom. The maximum absolute atomic E-state index is 12.3. The lowest BCUT2D eigenvalue weighted by Gasteiger charge is -2.34. The van der Waals surface area contributed by atoms with E-state index in [2.05, 4.69) is 32.4 Å². The summed E-state index contributed by atoms with van der Waals surface area (Å²) in [6.45, 7) is 3.44. The summed E-state index contributed by atoms with van der Waals surface area (Å²) in [5.74, 6) is -1.52. The Labute approximate surface area is 178 Å². The van der Waals surface area contributed by atoms with Gasteiger partial charge in [0, 0.05) is 43.7 Å². The molecule has 162 valence electrons. The van der Waals surface area contributed by atoms with Crippen molar-refractivity contribution < 1.29 is 23.1 Å². The third kappa shape index (κ3) is 5.58. The second-order valence-corrected chi connectivity index (χ2v) is 10.3. The highest BCUT2D eigenvalue weighted by Crippen LogP contribution is 2.25. The van der Waals surface area contributed by atoms with Gasteiger partial charge in [0.2, 0.25) is 5.91 Å². The Morgan fingerprint density at radius 3 is 2.67 bits per heavy atom. The highest BCUT2D eigenvalue weighted by atomic mass is 32.2. The molecule has 2 saturated heterocycles. The zero-order chi connectivity index (χ0) is 21.9. The molecule has 1 aromatic carbocycles. The summed E-state index contributed by atoms with van der Waals surface area (Å²) in [6, 6.07) is 5.18. The molecule has 2 heterocycles. The second-order valence-electron chi connectivity index (χ2n) is 7.13. The van der Waals surface area contributed by atoms with Gasteiger partial charge in [-0.1, -0.05) is 11.8 Å². The van der Waals surface area contributed by atoms with Crippen molar-refractivity contribution in [2.24, 2.45) is 10.2 Å². The molecule has 0 bridgehead atoms. The Balaban J connectivity index is 1.78. The summed E-state index contributed by atoms with van der Waals surface area (Å²) in [4.78, 5) is 27.0. The van der Waals surface area contributed by atoms with E-state index in [1.807, 2.05) is 6.07 Å². The lowest BCUT2D eigenvalue weighted by atomic mass is 10.2. The van der Waals surface area contributed by atoms with E-state index in [9.17, 15) is 18.0 Å². The first-order valence-electron chi connectivity index (χ1n) is 9.21. The smallest absolute Gasteiger partial charge is 0.305 e. The molecule has 0 spiro atoms. The minimum atomic E-state index is -3.50. The first-order valence-corrected chi connectivity index (χ1v) is 12.0. The summed E-state index contributed by atoms with van der Waals surface area (Å²) in [6.07, 6.45) is 2.14. The Hall–Kier alpha value is -2.44. The van der Waals surface area contributed by atoms with Crippen LogP contribution < -0.4 is 10.2 Å². The number of carbonyl (C=O) groups is 2. The molecule has 30 heavy (non-hydrogen) atoms. The largest absolute Gasteiger partial charge is 0.481 e. The molecule has 2 aliphatic heterocycles. The SMILES string of the molecule is CN1CCN(c2ccc(C=NN=C3NC(=O)C(CC(=O)O)S3)c(S(C)(=O)=O)c2)CC1. The minimum Gasteiger partial charge on any atom is -0.481 e. The molecule has 0 aliphatic carbocycles. The molecule has 2 fully saturated rings. The van der Waals surface area contributed by atoms with E-state index >= 15 is 0 Å². The van der Waals surface area contributed by atoms with Crippen molar-refractivity contribution >= 4 is 50.5 Å². The van der Waals surface area contributed by atoms with E-state index < -0.39 is 27.0 Å². The molecular formula is C18H23N5O5S2. The number of amides is 1. The van der Waals surface area contributed by atoms with Gasteiger partial charge in [-0.15, -0.1) is 5.10 Å². The summed E-state index contributed by atoms with van der Waals surface area (Å²) in [5.41, 5.74) is 1.22. The summed E-state index contributed by atoms with van der Waals surface area (Å²) in [5, 5.41) is 18.5. The molecule has 2 aliphatic rings. The van der Waals surface area contributed by atoms with Gasteiger partial charge in [-0.2, -0.15) is 5.10 Å². The van der Waals surface area contributed by atoms with Gasteiger partial charge in [-0.3, -0.25) is 9.59 Å². The number of carboxylic acids is 1. The molecule has 1 unspecified atom stereocenters. The minimum absolute atomic E-state index is 0.148. The highest BCUT2D eigenvalue weighted by molar-refractivity contribution is 8.15. The molecule has 0 aromatic heterocycles. The number of nitrogens with zero attached hydrogens (tertiary/aromatic N) is 4. The Bertz CT molecular complexity index is 1000. The number of thioether (sulfide) groups is 1. The number of hydrogen-bond donors (Lipinski definition) is 2. The van der Waals surface area contributed by atoms with Gasteiger partial charge in [-0.05, 0) is 25.2 Å². The lowest BCUT2D eigenvalue weighted by molar-refractivity contribution is -0.138. The van der Waals surface area contributed by atoms with Crippen LogP contribution in [0.1, 0.15) is 12.0 Å². The number of nitrogens with one attached hydrogen (secondary N) is 1. The van der Waals surface area contributed by atoms with Gasteiger partial charge in [-0.25, -0.2) is 8.42 Å². The van der Waals surface area contributed by atoms with Crippen LogP contribution in [-0.2, 0) is 19.4 Å². The lowest BCUT2D eigenvalue weighted by Crippen LogP contribution is -2.44. The average molecular weight is 454 g/mol. The van der Waals surface area contributed by atoms with Crippen LogP contribution in [0.15, 0.2) is 33.3 Å². The standard InChI is InChI=1S/C18H23N5O5S2/c1-22-5-7-23(8-6-22)13-4-3-12(15(9-13)30(2,27)28)11-19-21-18-20-17(26)14(29-18)10-16(24)25/h3-4,9,11,14H,5-8,10H2,1-2H3,(H,24,25)(H,20,21,26). The van der Waals surface area contributed by atoms with Crippen LogP contribution in [0.4, 0.5) is 5.69 Å². The summed E-state index contributed by atoms with van der Waals surface area (Å²) >= 11 is 0.979. The van der Waals surface area contributed by atoms with Gasteiger partial charge < -0.3 is 20.2 Å². The molecule has 1 amide bonds. The first kappa shape index (κ1) is 22.2. The van der Waals surface area contributed by atoms with E-state index in [0.717, 1.165) is 49.9 Å². The van der Waals surface area contributed by atoms with Crippen molar-refractivity contribution in [2.75, 3.05) is 44.4 Å². The van der Waals surface area contributed by atoms with Crippen LogP contribution in [0.25, 0.3) is 0 Å². The number of hydrogen-bond acceptors (Lipinski definition) is 9. The van der Waals surface area contributed by atoms with Gasteiger partial charge in [0.25, 0.3) is 0 Å². The summed E-state index contributed by atoms with van der Waals surface area (Å²) in [7, 11) is -1.45. The van der Waals surface area contributed by atoms with Crippen LogP contribution >= 0.6 is 11.8 Å². The van der Waals surface area contributed by atoms with E-state index in [1.165, 1.54) is 6.21 Å². The first-order chi connectivity index (χ1) is 14.1. The van der Waals surface area contributed by atoms with Crippen LogP contribution in [-0.4, -0.2) is 86.4 Å². The van der Waals surface area contributed by atoms with E-state index in [-0.39, 0.29) is 16.5 Å². The van der Waals surface area contributed by atoms with E-state index in [4.69, 9.17) is 5.11 Å². The number of anilines is 1. The molecule has 0 saturated carbocycles.